The molecule has 0 spiro atoms. The molecular formula is C19H22F2N2O. The smallest absolute Gasteiger partial charge is 0.190 e. The van der Waals surface area contributed by atoms with E-state index < -0.39 is 11.6 Å². The summed E-state index contributed by atoms with van der Waals surface area (Å²) in [5, 5.41) is 3.26. The Hall–Kier alpha value is -2.01. The molecule has 1 N–H and O–H groups in total. The standard InChI is InChI=1S/C19H22F2N2O/c1-12-3-4-16(13(2)23-12)15-9-17(20)19(18(21)10-15)24-11-14-5-7-22-8-6-14/h3-4,9-10,14,22H,5-8,11H2,1-2H3. The lowest BCUT2D eigenvalue weighted by Gasteiger charge is -2.23. The van der Waals surface area contributed by atoms with E-state index in [1.807, 2.05) is 26.0 Å². The van der Waals surface area contributed by atoms with Crippen molar-refractivity contribution in [3.8, 4) is 16.9 Å². The fraction of sp³-hybridized carbons (Fsp3) is 0.421. The second-order valence-electron chi connectivity index (χ2n) is 6.36. The summed E-state index contributed by atoms with van der Waals surface area (Å²) in [5.74, 6) is -1.28. The summed E-state index contributed by atoms with van der Waals surface area (Å²) < 4.78 is 34.2. The number of nitrogens with one attached hydrogen (secondary N) is 1. The van der Waals surface area contributed by atoms with E-state index in [1.54, 1.807) is 0 Å². The minimum Gasteiger partial charge on any atom is -0.487 e. The van der Waals surface area contributed by atoms with Gasteiger partial charge in [-0.3, -0.25) is 4.98 Å². The molecule has 2 heterocycles. The van der Waals surface area contributed by atoms with Crippen molar-refractivity contribution in [1.29, 1.82) is 0 Å². The van der Waals surface area contributed by atoms with Gasteiger partial charge in [-0.25, -0.2) is 8.78 Å². The van der Waals surface area contributed by atoms with Gasteiger partial charge in [-0.1, -0.05) is 6.07 Å². The van der Waals surface area contributed by atoms with Crippen LogP contribution in [-0.4, -0.2) is 24.7 Å². The van der Waals surface area contributed by atoms with Crippen molar-refractivity contribution in [3.63, 3.8) is 0 Å². The van der Waals surface area contributed by atoms with Crippen molar-refractivity contribution in [2.75, 3.05) is 19.7 Å². The maximum absolute atomic E-state index is 14.4. The topological polar surface area (TPSA) is 34.1 Å². The molecule has 1 saturated heterocycles. The highest BCUT2D eigenvalue weighted by molar-refractivity contribution is 5.67. The molecule has 0 aliphatic carbocycles. The predicted molar refractivity (Wildman–Crippen MR) is 90.2 cm³/mol. The largest absolute Gasteiger partial charge is 0.487 e. The molecule has 3 nitrogen and oxygen atoms in total. The van der Waals surface area contributed by atoms with Crippen molar-refractivity contribution >= 4 is 0 Å². The zero-order valence-corrected chi connectivity index (χ0v) is 14.0. The minimum absolute atomic E-state index is 0.282. The van der Waals surface area contributed by atoms with Crippen LogP contribution in [0.2, 0.25) is 0 Å². The van der Waals surface area contributed by atoms with Crippen LogP contribution < -0.4 is 10.1 Å². The normalized spacial score (nSPS) is 15.5. The van der Waals surface area contributed by atoms with Gasteiger partial charge in [0.15, 0.2) is 17.4 Å². The molecule has 0 saturated carbocycles. The summed E-state index contributed by atoms with van der Waals surface area (Å²) in [7, 11) is 0. The van der Waals surface area contributed by atoms with Gasteiger partial charge in [-0.05, 0) is 69.5 Å². The highest BCUT2D eigenvalue weighted by Crippen LogP contribution is 2.31. The van der Waals surface area contributed by atoms with Gasteiger partial charge in [-0.2, -0.15) is 0 Å². The molecule has 1 aromatic carbocycles. The average Bonchev–Trinajstić information content (AvgIpc) is 2.55. The van der Waals surface area contributed by atoms with Crippen molar-refractivity contribution < 1.29 is 13.5 Å². The molecule has 1 aromatic heterocycles. The lowest BCUT2D eigenvalue weighted by molar-refractivity contribution is 0.201. The van der Waals surface area contributed by atoms with E-state index in [-0.39, 0.29) is 5.75 Å². The van der Waals surface area contributed by atoms with E-state index in [9.17, 15) is 8.78 Å². The van der Waals surface area contributed by atoms with Crippen molar-refractivity contribution in [3.05, 3.63) is 47.3 Å². The summed E-state index contributed by atoms with van der Waals surface area (Å²) in [5.41, 5.74) is 2.82. The van der Waals surface area contributed by atoms with Gasteiger partial charge in [0.1, 0.15) is 0 Å². The summed E-state index contributed by atoms with van der Waals surface area (Å²) >= 11 is 0. The third-order valence-corrected chi connectivity index (χ3v) is 4.46. The van der Waals surface area contributed by atoms with E-state index in [4.69, 9.17) is 4.74 Å². The number of hydrogen-bond acceptors (Lipinski definition) is 3. The van der Waals surface area contributed by atoms with E-state index >= 15 is 0 Å². The Bertz CT molecular complexity index is 704. The van der Waals surface area contributed by atoms with Gasteiger partial charge in [0.05, 0.1) is 6.61 Å². The zero-order valence-electron chi connectivity index (χ0n) is 14.0. The maximum atomic E-state index is 14.4. The van der Waals surface area contributed by atoms with Gasteiger partial charge >= 0.3 is 0 Å². The third-order valence-electron chi connectivity index (χ3n) is 4.46. The van der Waals surface area contributed by atoms with Crippen LogP contribution in [-0.2, 0) is 0 Å². The number of piperidine rings is 1. The summed E-state index contributed by atoms with van der Waals surface area (Å²) in [6.07, 6.45) is 1.94. The molecule has 5 heteroatoms. The van der Waals surface area contributed by atoms with Crippen LogP contribution in [0.1, 0.15) is 24.2 Å². The summed E-state index contributed by atoms with van der Waals surface area (Å²) in [6, 6.07) is 6.31. The molecule has 2 aromatic rings. The number of pyridine rings is 1. The van der Waals surface area contributed by atoms with Gasteiger partial charge in [-0.15, -0.1) is 0 Å². The van der Waals surface area contributed by atoms with Crippen LogP contribution in [0.4, 0.5) is 8.78 Å². The number of rotatable bonds is 4. The zero-order chi connectivity index (χ0) is 17.1. The monoisotopic (exact) mass is 332 g/mol. The number of aryl methyl sites for hydroxylation is 2. The van der Waals surface area contributed by atoms with Crippen LogP contribution in [0.3, 0.4) is 0 Å². The van der Waals surface area contributed by atoms with Crippen molar-refractivity contribution in [1.82, 2.24) is 10.3 Å². The maximum Gasteiger partial charge on any atom is 0.190 e. The molecule has 0 radical (unpaired) electrons. The SMILES string of the molecule is Cc1ccc(-c2cc(F)c(OCC3CCNCC3)c(F)c2)c(C)n1. The summed E-state index contributed by atoms with van der Waals surface area (Å²) in [4.78, 5) is 4.35. The molecule has 1 aliphatic rings. The molecule has 0 unspecified atom stereocenters. The highest BCUT2D eigenvalue weighted by Gasteiger charge is 2.18. The quantitative estimate of drug-likeness (QED) is 0.918. The Kier molecular flexibility index (Phi) is 5.09. The minimum atomic E-state index is -0.668. The number of ether oxygens (including phenoxy) is 1. The Balaban J connectivity index is 1.80. The Morgan fingerprint density at radius 2 is 1.79 bits per heavy atom. The molecule has 128 valence electrons. The molecular weight excluding hydrogens is 310 g/mol. The Labute approximate surface area is 141 Å². The van der Waals surface area contributed by atoms with E-state index in [2.05, 4.69) is 10.3 Å². The first kappa shape index (κ1) is 16.8. The fourth-order valence-electron chi connectivity index (χ4n) is 3.09. The second-order valence-corrected chi connectivity index (χ2v) is 6.36. The molecule has 0 atom stereocenters. The fourth-order valence-corrected chi connectivity index (χ4v) is 3.09. The van der Waals surface area contributed by atoms with Crippen LogP contribution >= 0.6 is 0 Å². The third kappa shape index (κ3) is 3.73. The number of halogens is 2. The Morgan fingerprint density at radius 1 is 1.12 bits per heavy atom. The van der Waals surface area contributed by atoms with Gasteiger partial charge < -0.3 is 10.1 Å². The number of hydrogen-bond donors (Lipinski definition) is 1. The van der Waals surface area contributed by atoms with Crippen LogP contribution in [0.25, 0.3) is 11.1 Å². The average molecular weight is 332 g/mol. The molecule has 0 amide bonds. The van der Waals surface area contributed by atoms with Crippen molar-refractivity contribution in [2.45, 2.75) is 26.7 Å². The van der Waals surface area contributed by atoms with Crippen LogP contribution in [0.5, 0.6) is 5.75 Å². The van der Waals surface area contributed by atoms with E-state index in [0.29, 0.717) is 18.1 Å². The first-order valence-electron chi connectivity index (χ1n) is 8.32. The van der Waals surface area contributed by atoms with E-state index in [1.165, 1.54) is 12.1 Å². The first-order chi connectivity index (χ1) is 11.5. The lowest BCUT2D eigenvalue weighted by atomic mass is 9.99. The van der Waals surface area contributed by atoms with Crippen LogP contribution in [0.15, 0.2) is 24.3 Å². The lowest BCUT2D eigenvalue weighted by Crippen LogP contribution is -2.30. The number of aromatic nitrogens is 1. The van der Waals surface area contributed by atoms with E-state index in [0.717, 1.165) is 42.9 Å². The predicted octanol–water partition coefficient (Wildman–Crippen LogP) is 4.02. The second kappa shape index (κ2) is 7.26. The molecule has 0 bridgehead atoms. The van der Waals surface area contributed by atoms with Gasteiger partial charge in [0.25, 0.3) is 0 Å². The van der Waals surface area contributed by atoms with Crippen LogP contribution in [0, 0.1) is 31.4 Å². The number of benzene rings is 1. The van der Waals surface area contributed by atoms with Crippen molar-refractivity contribution in [2.24, 2.45) is 5.92 Å². The highest BCUT2D eigenvalue weighted by atomic mass is 19.1. The number of nitrogens with zero attached hydrogens (tertiary/aromatic N) is 1. The molecule has 24 heavy (non-hydrogen) atoms. The van der Waals surface area contributed by atoms with Gasteiger partial charge in [0.2, 0.25) is 0 Å². The summed E-state index contributed by atoms with van der Waals surface area (Å²) in [6.45, 7) is 5.92. The Morgan fingerprint density at radius 3 is 2.42 bits per heavy atom. The molecule has 1 aliphatic heterocycles. The molecule has 3 rings (SSSR count). The first-order valence-corrected chi connectivity index (χ1v) is 8.32. The molecule has 1 fully saturated rings. The van der Waals surface area contributed by atoms with Gasteiger partial charge in [0, 0.05) is 17.0 Å².